The van der Waals surface area contributed by atoms with Crippen molar-refractivity contribution in [1.29, 1.82) is 0 Å². The smallest absolute Gasteiger partial charge is 0.230 e. The standard InChI is InChI=1S/C12H16N4O2/c1-8(6-13)12-15-10(16-18-12)5-9-3-4-11(17-2)14-7-9/h3-4,7-8H,5-6,13H2,1-2H3. The van der Waals surface area contributed by atoms with E-state index in [9.17, 15) is 0 Å². The molecule has 0 aliphatic heterocycles. The fraction of sp³-hybridized carbons (Fsp3) is 0.417. The summed E-state index contributed by atoms with van der Waals surface area (Å²) in [5.74, 6) is 1.88. The number of ether oxygens (including phenoxy) is 1. The second-order valence-corrected chi connectivity index (χ2v) is 4.07. The lowest BCUT2D eigenvalue weighted by Crippen LogP contribution is -2.09. The van der Waals surface area contributed by atoms with E-state index in [0.717, 1.165) is 5.56 Å². The minimum atomic E-state index is 0.0836. The molecule has 0 spiro atoms. The van der Waals surface area contributed by atoms with Crippen LogP contribution in [0.1, 0.15) is 30.1 Å². The third-order valence-corrected chi connectivity index (χ3v) is 2.63. The Balaban J connectivity index is 2.06. The Hall–Kier alpha value is -1.95. The second-order valence-electron chi connectivity index (χ2n) is 4.07. The molecule has 96 valence electrons. The quantitative estimate of drug-likeness (QED) is 0.853. The molecule has 0 aliphatic carbocycles. The van der Waals surface area contributed by atoms with Gasteiger partial charge in [0.05, 0.1) is 7.11 Å². The van der Waals surface area contributed by atoms with E-state index in [-0.39, 0.29) is 5.92 Å². The highest BCUT2D eigenvalue weighted by atomic mass is 16.5. The Bertz CT molecular complexity index is 495. The normalized spacial score (nSPS) is 12.4. The first-order valence-corrected chi connectivity index (χ1v) is 5.74. The fourth-order valence-electron chi connectivity index (χ4n) is 1.46. The van der Waals surface area contributed by atoms with Gasteiger partial charge in [-0.2, -0.15) is 4.98 Å². The van der Waals surface area contributed by atoms with Gasteiger partial charge in [0.2, 0.25) is 11.8 Å². The van der Waals surface area contributed by atoms with Gasteiger partial charge in [-0.25, -0.2) is 4.98 Å². The van der Waals surface area contributed by atoms with Crippen LogP contribution in [0.15, 0.2) is 22.9 Å². The molecular formula is C12H16N4O2. The Kier molecular flexibility index (Phi) is 3.88. The topological polar surface area (TPSA) is 87.1 Å². The number of nitrogens with zero attached hydrogens (tertiary/aromatic N) is 3. The summed E-state index contributed by atoms with van der Waals surface area (Å²) in [6, 6.07) is 3.73. The van der Waals surface area contributed by atoms with Crippen molar-refractivity contribution in [2.24, 2.45) is 5.73 Å². The Labute approximate surface area is 105 Å². The molecule has 2 aromatic heterocycles. The minimum Gasteiger partial charge on any atom is -0.481 e. The third-order valence-electron chi connectivity index (χ3n) is 2.63. The van der Waals surface area contributed by atoms with E-state index in [0.29, 0.717) is 30.6 Å². The highest BCUT2D eigenvalue weighted by Crippen LogP contribution is 2.14. The van der Waals surface area contributed by atoms with Crippen LogP contribution in [0.5, 0.6) is 5.88 Å². The van der Waals surface area contributed by atoms with Gasteiger partial charge >= 0.3 is 0 Å². The van der Waals surface area contributed by atoms with Crippen molar-refractivity contribution in [3.63, 3.8) is 0 Å². The van der Waals surface area contributed by atoms with Gasteiger partial charge in [0.25, 0.3) is 0 Å². The molecule has 2 heterocycles. The molecule has 1 unspecified atom stereocenters. The van der Waals surface area contributed by atoms with Crippen LogP contribution in [0.25, 0.3) is 0 Å². The first-order valence-electron chi connectivity index (χ1n) is 5.74. The zero-order valence-corrected chi connectivity index (χ0v) is 10.5. The van der Waals surface area contributed by atoms with Crippen molar-refractivity contribution in [2.75, 3.05) is 13.7 Å². The predicted octanol–water partition coefficient (Wildman–Crippen LogP) is 1.13. The second kappa shape index (κ2) is 5.59. The minimum absolute atomic E-state index is 0.0836. The summed E-state index contributed by atoms with van der Waals surface area (Å²) in [5, 5.41) is 3.92. The molecule has 0 bridgehead atoms. The number of hydrogen-bond donors (Lipinski definition) is 1. The van der Waals surface area contributed by atoms with Gasteiger partial charge in [-0.1, -0.05) is 18.1 Å². The maximum atomic E-state index is 5.55. The van der Waals surface area contributed by atoms with Gasteiger partial charge in [-0.3, -0.25) is 0 Å². The number of aromatic nitrogens is 3. The van der Waals surface area contributed by atoms with Gasteiger partial charge in [0, 0.05) is 31.1 Å². The SMILES string of the molecule is COc1ccc(Cc2noc(C(C)CN)n2)cn1. The van der Waals surface area contributed by atoms with E-state index < -0.39 is 0 Å². The number of pyridine rings is 1. The average molecular weight is 248 g/mol. The zero-order chi connectivity index (χ0) is 13.0. The van der Waals surface area contributed by atoms with Gasteiger partial charge in [0.15, 0.2) is 5.82 Å². The lowest BCUT2D eigenvalue weighted by atomic mass is 10.2. The van der Waals surface area contributed by atoms with Crippen LogP contribution in [-0.4, -0.2) is 28.8 Å². The maximum absolute atomic E-state index is 5.55. The summed E-state index contributed by atoms with van der Waals surface area (Å²) >= 11 is 0. The fourth-order valence-corrected chi connectivity index (χ4v) is 1.46. The van der Waals surface area contributed by atoms with Gasteiger partial charge < -0.3 is 15.0 Å². The lowest BCUT2D eigenvalue weighted by Gasteiger charge is -2.00. The van der Waals surface area contributed by atoms with E-state index in [4.69, 9.17) is 15.0 Å². The highest BCUT2D eigenvalue weighted by molar-refractivity contribution is 5.20. The van der Waals surface area contributed by atoms with Gasteiger partial charge in [0.1, 0.15) is 0 Å². The monoisotopic (exact) mass is 248 g/mol. The molecule has 6 nitrogen and oxygen atoms in total. The van der Waals surface area contributed by atoms with Crippen molar-refractivity contribution in [2.45, 2.75) is 19.3 Å². The van der Waals surface area contributed by atoms with E-state index in [2.05, 4.69) is 15.1 Å². The lowest BCUT2D eigenvalue weighted by molar-refractivity contribution is 0.357. The van der Waals surface area contributed by atoms with Gasteiger partial charge in [-0.15, -0.1) is 0 Å². The average Bonchev–Trinajstić information content (AvgIpc) is 2.87. The third kappa shape index (κ3) is 2.84. The van der Waals surface area contributed by atoms with Crippen molar-refractivity contribution in [3.8, 4) is 5.88 Å². The van der Waals surface area contributed by atoms with Gasteiger partial charge in [-0.05, 0) is 5.56 Å². The van der Waals surface area contributed by atoms with Crippen LogP contribution in [-0.2, 0) is 6.42 Å². The van der Waals surface area contributed by atoms with E-state index in [1.807, 2.05) is 13.0 Å². The molecule has 1 atom stereocenters. The zero-order valence-electron chi connectivity index (χ0n) is 10.5. The molecule has 2 rings (SSSR count). The highest BCUT2D eigenvalue weighted by Gasteiger charge is 2.12. The maximum Gasteiger partial charge on any atom is 0.230 e. The number of rotatable bonds is 5. The first kappa shape index (κ1) is 12.5. The summed E-state index contributed by atoms with van der Waals surface area (Å²) in [6.07, 6.45) is 2.32. The number of methoxy groups -OCH3 is 1. The molecule has 6 heteroatoms. The molecular weight excluding hydrogens is 232 g/mol. The Morgan fingerprint density at radius 1 is 1.44 bits per heavy atom. The molecule has 0 saturated heterocycles. The van der Waals surface area contributed by atoms with Crippen LogP contribution in [0.3, 0.4) is 0 Å². The Morgan fingerprint density at radius 3 is 2.89 bits per heavy atom. The summed E-state index contributed by atoms with van der Waals surface area (Å²) in [7, 11) is 1.58. The molecule has 2 N–H and O–H groups in total. The van der Waals surface area contributed by atoms with Crippen molar-refractivity contribution >= 4 is 0 Å². The Morgan fingerprint density at radius 2 is 2.28 bits per heavy atom. The molecule has 2 aromatic rings. The summed E-state index contributed by atoms with van der Waals surface area (Å²) in [6.45, 7) is 2.44. The summed E-state index contributed by atoms with van der Waals surface area (Å²) in [4.78, 5) is 8.43. The number of nitrogens with two attached hydrogens (primary N) is 1. The number of hydrogen-bond acceptors (Lipinski definition) is 6. The van der Waals surface area contributed by atoms with Crippen LogP contribution < -0.4 is 10.5 Å². The van der Waals surface area contributed by atoms with Crippen molar-refractivity contribution < 1.29 is 9.26 Å². The van der Waals surface area contributed by atoms with Crippen LogP contribution in [0.2, 0.25) is 0 Å². The molecule has 18 heavy (non-hydrogen) atoms. The van der Waals surface area contributed by atoms with Crippen LogP contribution in [0, 0.1) is 0 Å². The molecule has 0 amide bonds. The molecule has 0 saturated carbocycles. The predicted molar refractivity (Wildman–Crippen MR) is 65.4 cm³/mol. The molecule has 0 aromatic carbocycles. The van der Waals surface area contributed by atoms with E-state index in [1.165, 1.54) is 0 Å². The van der Waals surface area contributed by atoms with Crippen LogP contribution >= 0.6 is 0 Å². The largest absolute Gasteiger partial charge is 0.481 e. The molecule has 0 radical (unpaired) electrons. The molecule has 0 aliphatic rings. The van der Waals surface area contributed by atoms with E-state index in [1.54, 1.807) is 19.4 Å². The summed E-state index contributed by atoms with van der Waals surface area (Å²) in [5.41, 5.74) is 6.55. The first-order chi connectivity index (χ1) is 8.72. The summed E-state index contributed by atoms with van der Waals surface area (Å²) < 4.78 is 10.1. The van der Waals surface area contributed by atoms with E-state index >= 15 is 0 Å². The van der Waals surface area contributed by atoms with Crippen molar-refractivity contribution in [1.82, 2.24) is 15.1 Å². The molecule has 0 fully saturated rings. The van der Waals surface area contributed by atoms with Crippen molar-refractivity contribution in [3.05, 3.63) is 35.6 Å². The van der Waals surface area contributed by atoms with Crippen LogP contribution in [0.4, 0.5) is 0 Å².